The first-order chi connectivity index (χ1) is 14.8. The van der Waals surface area contributed by atoms with Gasteiger partial charge in [0.05, 0.1) is 10.7 Å². The van der Waals surface area contributed by atoms with Gasteiger partial charge in [-0.25, -0.2) is 8.42 Å². The van der Waals surface area contributed by atoms with Gasteiger partial charge in [0.25, 0.3) is 0 Å². The van der Waals surface area contributed by atoms with Crippen molar-refractivity contribution in [1.29, 1.82) is 5.41 Å². The van der Waals surface area contributed by atoms with Gasteiger partial charge in [0, 0.05) is 50.2 Å². The molecule has 10 heteroatoms. The van der Waals surface area contributed by atoms with Gasteiger partial charge in [0.15, 0.2) is 0 Å². The molecule has 7 nitrogen and oxygen atoms in total. The Hall–Kier alpha value is -1.87. The van der Waals surface area contributed by atoms with Crippen LogP contribution < -0.4 is 0 Å². The molecule has 0 atom stereocenters. The molecule has 0 bridgehead atoms. The molecule has 2 aliphatic rings. The van der Waals surface area contributed by atoms with Crippen molar-refractivity contribution in [2.75, 3.05) is 39.3 Å². The lowest BCUT2D eigenvalue weighted by atomic mass is 9.95. The van der Waals surface area contributed by atoms with Gasteiger partial charge in [-0.3, -0.25) is 10.2 Å². The third-order valence-electron chi connectivity index (χ3n) is 6.28. The van der Waals surface area contributed by atoms with E-state index in [0.29, 0.717) is 37.0 Å². The Balaban J connectivity index is 0.00000289. The molecule has 1 amide bonds. The van der Waals surface area contributed by atoms with Crippen LogP contribution in [0.2, 0.25) is 5.02 Å². The van der Waals surface area contributed by atoms with Crippen LogP contribution in [0.5, 0.6) is 0 Å². The highest BCUT2D eigenvalue weighted by molar-refractivity contribution is 7.89. The average Bonchev–Trinajstić information content (AvgIpc) is 2.78. The number of piperazine rings is 1. The van der Waals surface area contributed by atoms with Gasteiger partial charge in [-0.05, 0) is 54.8 Å². The number of rotatable bonds is 3. The topological polar surface area (TPSA) is 84.8 Å². The van der Waals surface area contributed by atoms with Gasteiger partial charge in [-0.1, -0.05) is 23.7 Å². The molecule has 2 fully saturated rings. The number of halogens is 2. The van der Waals surface area contributed by atoms with Crippen LogP contribution in [0.1, 0.15) is 19.8 Å². The van der Waals surface area contributed by atoms with Crippen molar-refractivity contribution in [3.05, 3.63) is 41.4 Å². The average molecular weight is 499 g/mol. The highest BCUT2D eigenvalue weighted by Crippen LogP contribution is 2.26. The molecule has 0 saturated carbocycles. The first-order valence-electron chi connectivity index (χ1n) is 10.5. The molecular formula is C22H28Cl2N4O3S. The Labute approximate surface area is 200 Å². The number of piperidine rings is 1. The number of likely N-dealkylation sites (tertiary alicyclic amines) is 1. The molecule has 2 heterocycles. The van der Waals surface area contributed by atoms with E-state index in [0.717, 1.165) is 36.7 Å². The molecule has 2 aliphatic heterocycles. The lowest BCUT2D eigenvalue weighted by Crippen LogP contribution is -2.53. The molecule has 2 saturated heterocycles. The SMILES string of the molecule is CC(=N)N1CCC(C(=O)N2CCN(S(=O)(=O)c3ccc4cc(Cl)ccc4c3)CC2)CC1.Cl. The highest BCUT2D eigenvalue weighted by Gasteiger charge is 2.34. The van der Waals surface area contributed by atoms with E-state index in [4.69, 9.17) is 17.0 Å². The van der Waals surface area contributed by atoms with Crippen molar-refractivity contribution in [3.63, 3.8) is 0 Å². The van der Waals surface area contributed by atoms with E-state index in [9.17, 15) is 13.2 Å². The summed E-state index contributed by atoms with van der Waals surface area (Å²) in [5.74, 6) is 0.620. The van der Waals surface area contributed by atoms with Gasteiger partial charge >= 0.3 is 0 Å². The zero-order chi connectivity index (χ0) is 22.2. The molecule has 1 N–H and O–H groups in total. The number of amides is 1. The fourth-order valence-corrected chi connectivity index (χ4v) is 6.01. The zero-order valence-corrected chi connectivity index (χ0v) is 20.3. The predicted octanol–water partition coefficient (Wildman–Crippen LogP) is 3.46. The van der Waals surface area contributed by atoms with Crippen molar-refractivity contribution in [2.24, 2.45) is 5.92 Å². The van der Waals surface area contributed by atoms with E-state index >= 15 is 0 Å². The summed E-state index contributed by atoms with van der Waals surface area (Å²) in [4.78, 5) is 17.0. The maximum atomic E-state index is 13.1. The van der Waals surface area contributed by atoms with Crippen LogP contribution in [0.25, 0.3) is 10.8 Å². The van der Waals surface area contributed by atoms with Crippen LogP contribution >= 0.6 is 24.0 Å². The summed E-state index contributed by atoms with van der Waals surface area (Å²) < 4.78 is 27.8. The molecule has 0 aliphatic carbocycles. The molecule has 174 valence electrons. The fourth-order valence-electron chi connectivity index (χ4n) is 4.37. The Morgan fingerprint density at radius 3 is 2.16 bits per heavy atom. The fraction of sp³-hybridized carbons (Fsp3) is 0.455. The van der Waals surface area contributed by atoms with Gasteiger partial charge in [-0.15, -0.1) is 12.4 Å². The Morgan fingerprint density at radius 2 is 1.53 bits per heavy atom. The third-order valence-corrected chi connectivity index (χ3v) is 8.41. The molecule has 4 rings (SSSR count). The van der Waals surface area contributed by atoms with Crippen molar-refractivity contribution in [3.8, 4) is 0 Å². The minimum atomic E-state index is -3.62. The van der Waals surface area contributed by atoms with E-state index in [1.54, 1.807) is 36.1 Å². The van der Waals surface area contributed by atoms with Gasteiger partial charge in [0.1, 0.15) is 0 Å². The quantitative estimate of drug-likeness (QED) is 0.518. The first kappa shape index (κ1) is 24.8. The number of sulfonamides is 1. The van der Waals surface area contributed by atoms with Crippen LogP contribution in [0, 0.1) is 11.3 Å². The molecular weight excluding hydrogens is 471 g/mol. The molecule has 2 aromatic rings. The van der Waals surface area contributed by atoms with Crippen molar-refractivity contribution in [2.45, 2.75) is 24.7 Å². The molecule has 32 heavy (non-hydrogen) atoms. The number of fused-ring (bicyclic) bond motifs is 1. The summed E-state index contributed by atoms with van der Waals surface area (Å²) in [6, 6.07) is 10.4. The van der Waals surface area contributed by atoms with Crippen molar-refractivity contribution in [1.82, 2.24) is 14.1 Å². The smallest absolute Gasteiger partial charge is 0.243 e. The van der Waals surface area contributed by atoms with Crippen LogP contribution in [0.15, 0.2) is 41.3 Å². The standard InChI is InChI=1S/C22H27ClN4O3S.ClH/c1-16(24)25-8-6-17(7-9-25)22(28)26-10-12-27(13-11-26)31(29,30)21-5-3-18-14-20(23)4-2-19(18)15-21;/h2-5,14-15,17,24H,6-13H2,1H3;1H. The second kappa shape index (κ2) is 9.95. The number of hydrogen-bond donors (Lipinski definition) is 1. The van der Waals surface area contributed by atoms with Crippen LogP contribution in [0.3, 0.4) is 0 Å². The van der Waals surface area contributed by atoms with Crippen LogP contribution in [-0.4, -0.2) is 73.5 Å². The summed E-state index contributed by atoms with van der Waals surface area (Å²) >= 11 is 6.02. The minimum absolute atomic E-state index is 0. The van der Waals surface area contributed by atoms with Gasteiger partial charge in [0.2, 0.25) is 15.9 Å². The third kappa shape index (κ3) is 5.03. The van der Waals surface area contributed by atoms with Crippen LogP contribution in [0.4, 0.5) is 0 Å². The normalized spacial score (nSPS) is 18.4. The largest absolute Gasteiger partial charge is 0.361 e. The lowest BCUT2D eigenvalue weighted by Gasteiger charge is -2.38. The van der Waals surface area contributed by atoms with E-state index in [-0.39, 0.29) is 29.1 Å². The van der Waals surface area contributed by atoms with Crippen LogP contribution in [-0.2, 0) is 14.8 Å². The summed E-state index contributed by atoms with van der Waals surface area (Å²) in [5, 5.41) is 10.1. The van der Waals surface area contributed by atoms with E-state index < -0.39 is 10.0 Å². The maximum Gasteiger partial charge on any atom is 0.243 e. The summed E-state index contributed by atoms with van der Waals surface area (Å²) in [6.07, 6.45) is 1.49. The molecule has 0 aromatic heterocycles. The second-order valence-electron chi connectivity index (χ2n) is 8.23. The predicted molar refractivity (Wildman–Crippen MR) is 129 cm³/mol. The minimum Gasteiger partial charge on any atom is -0.361 e. The maximum absolute atomic E-state index is 13.1. The molecule has 2 aromatic carbocycles. The van der Waals surface area contributed by atoms with Crippen molar-refractivity contribution >= 4 is 56.5 Å². The summed E-state index contributed by atoms with van der Waals surface area (Å²) in [5.41, 5.74) is 0. The number of carbonyl (C=O) groups is 1. The summed E-state index contributed by atoms with van der Waals surface area (Å²) in [6.45, 7) is 4.64. The van der Waals surface area contributed by atoms with E-state index in [2.05, 4.69) is 0 Å². The molecule has 0 spiro atoms. The molecule has 0 radical (unpaired) electrons. The number of nitrogens with one attached hydrogen (secondary N) is 1. The number of hydrogen-bond acceptors (Lipinski definition) is 4. The number of benzene rings is 2. The monoisotopic (exact) mass is 498 g/mol. The number of nitrogens with zero attached hydrogens (tertiary/aromatic N) is 3. The number of carbonyl (C=O) groups excluding carboxylic acids is 1. The van der Waals surface area contributed by atoms with E-state index in [1.165, 1.54) is 4.31 Å². The Bertz CT molecular complexity index is 1110. The van der Waals surface area contributed by atoms with Gasteiger partial charge in [-0.2, -0.15) is 4.31 Å². The van der Waals surface area contributed by atoms with Gasteiger partial charge < -0.3 is 9.80 Å². The Kier molecular flexibility index (Phi) is 7.70. The second-order valence-corrected chi connectivity index (χ2v) is 10.6. The molecule has 0 unspecified atom stereocenters. The Morgan fingerprint density at radius 1 is 0.938 bits per heavy atom. The number of amidine groups is 1. The highest BCUT2D eigenvalue weighted by atomic mass is 35.5. The zero-order valence-electron chi connectivity index (χ0n) is 18.0. The van der Waals surface area contributed by atoms with E-state index in [1.807, 2.05) is 17.0 Å². The first-order valence-corrected chi connectivity index (χ1v) is 12.4. The lowest BCUT2D eigenvalue weighted by molar-refractivity contribution is -0.138. The van der Waals surface area contributed by atoms with Crippen molar-refractivity contribution < 1.29 is 13.2 Å². The summed E-state index contributed by atoms with van der Waals surface area (Å²) in [7, 11) is -3.62.